The molecule has 2 aromatic rings. The maximum absolute atomic E-state index is 11.1. The number of nitrogens with one attached hydrogen (secondary N) is 1. The second-order valence-corrected chi connectivity index (χ2v) is 5.03. The summed E-state index contributed by atoms with van der Waals surface area (Å²) in [6.45, 7) is 0. The largest absolute Gasteiger partial charge is 0.478 e. The molecule has 0 heterocycles. The van der Waals surface area contributed by atoms with Crippen LogP contribution in [0, 0.1) is 10.1 Å². The first kappa shape index (κ1) is 14.9. The maximum atomic E-state index is 11.1. The molecule has 0 unspecified atom stereocenters. The van der Waals surface area contributed by atoms with E-state index in [-0.39, 0.29) is 16.9 Å². The van der Waals surface area contributed by atoms with Crippen molar-refractivity contribution in [3.63, 3.8) is 0 Å². The van der Waals surface area contributed by atoms with Gasteiger partial charge in [-0.15, -0.1) is 11.8 Å². The van der Waals surface area contributed by atoms with Crippen LogP contribution < -0.4 is 5.32 Å². The molecule has 0 spiro atoms. The Hall–Kier alpha value is -2.54. The average Bonchev–Trinajstić information content (AvgIpc) is 2.47. The molecule has 0 aromatic heterocycles. The number of anilines is 2. The Morgan fingerprint density at radius 1 is 1.29 bits per heavy atom. The van der Waals surface area contributed by atoms with Crippen LogP contribution in [0.1, 0.15) is 10.4 Å². The van der Waals surface area contributed by atoms with E-state index in [0.29, 0.717) is 5.69 Å². The van der Waals surface area contributed by atoms with Crippen LogP contribution in [0.2, 0.25) is 0 Å². The maximum Gasteiger partial charge on any atom is 0.335 e. The quantitative estimate of drug-likeness (QED) is 0.496. The number of hydrogen-bond acceptors (Lipinski definition) is 5. The summed E-state index contributed by atoms with van der Waals surface area (Å²) >= 11 is 1.56. The number of thioether (sulfide) groups is 1. The van der Waals surface area contributed by atoms with Gasteiger partial charge in [0.05, 0.1) is 10.5 Å². The van der Waals surface area contributed by atoms with Crippen LogP contribution >= 0.6 is 11.8 Å². The summed E-state index contributed by atoms with van der Waals surface area (Å²) in [6, 6.07) is 11.2. The Bertz CT molecular complexity index is 703. The molecule has 0 radical (unpaired) electrons. The van der Waals surface area contributed by atoms with Gasteiger partial charge in [0.25, 0.3) is 5.69 Å². The number of carboxylic acid groups (broad SMARTS) is 1. The third-order valence-electron chi connectivity index (χ3n) is 2.79. The first-order valence-electron chi connectivity index (χ1n) is 5.94. The number of carbonyl (C=O) groups is 1. The molecular weight excluding hydrogens is 292 g/mol. The van der Waals surface area contributed by atoms with Crippen molar-refractivity contribution in [1.29, 1.82) is 0 Å². The first-order chi connectivity index (χ1) is 10.0. The van der Waals surface area contributed by atoms with Crippen LogP contribution in [-0.4, -0.2) is 22.3 Å². The zero-order valence-corrected chi connectivity index (χ0v) is 11.9. The smallest absolute Gasteiger partial charge is 0.335 e. The van der Waals surface area contributed by atoms with Gasteiger partial charge in [0.15, 0.2) is 0 Å². The molecule has 0 aliphatic carbocycles. The Labute approximate surface area is 125 Å². The van der Waals surface area contributed by atoms with Crippen molar-refractivity contribution < 1.29 is 14.8 Å². The van der Waals surface area contributed by atoms with Crippen molar-refractivity contribution in [2.75, 3.05) is 11.6 Å². The summed E-state index contributed by atoms with van der Waals surface area (Å²) in [4.78, 5) is 22.4. The minimum Gasteiger partial charge on any atom is -0.478 e. The van der Waals surface area contributed by atoms with E-state index in [1.165, 1.54) is 12.1 Å². The first-order valence-corrected chi connectivity index (χ1v) is 7.16. The lowest BCUT2D eigenvalue weighted by molar-refractivity contribution is -0.383. The molecule has 7 heteroatoms. The van der Waals surface area contributed by atoms with Crippen molar-refractivity contribution in [1.82, 2.24) is 0 Å². The standard InChI is InChI=1S/C14H12N2O4S/c1-21-11-4-2-3-10(8-11)15-12-6-5-9(14(17)18)7-13(12)16(19)20/h2-8,15H,1H3,(H,17,18). The molecule has 2 aromatic carbocycles. The van der Waals surface area contributed by atoms with Gasteiger partial charge in [0, 0.05) is 16.6 Å². The van der Waals surface area contributed by atoms with E-state index in [9.17, 15) is 14.9 Å². The molecule has 21 heavy (non-hydrogen) atoms. The molecule has 0 saturated carbocycles. The molecule has 0 fully saturated rings. The second-order valence-electron chi connectivity index (χ2n) is 4.15. The fourth-order valence-corrected chi connectivity index (χ4v) is 2.24. The van der Waals surface area contributed by atoms with E-state index in [4.69, 9.17) is 5.11 Å². The van der Waals surface area contributed by atoms with Crippen LogP contribution in [-0.2, 0) is 0 Å². The summed E-state index contributed by atoms with van der Waals surface area (Å²) < 4.78 is 0. The predicted octanol–water partition coefficient (Wildman–Crippen LogP) is 3.76. The van der Waals surface area contributed by atoms with E-state index in [1.54, 1.807) is 17.8 Å². The summed E-state index contributed by atoms with van der Waals surface area (Å²) in [6.07, 6.45) is 1.93. The van der Waals surface area contributed by atoms with Gasteiger partial charge in [-0.25, -0.2) is 4.79 Å². The number of nitro benzene ring substituents is 1. The Morgan fingerprint density at radius 2 is 2.05 bits per heavy atom. The molecule has 6 nitrogen and oxygen atoms in total. The lowest BCUT2D eigenvalue weighted by Gasteiger charge is -2.08. The molecule has 0 bridgehead atoms. The third-order valence-corrected chi connectivity index (χ3v) is 3.52. The van der Waals surface area contributed by atoms with Crippen LogP contribution in [0.25, 0.3) is 0 Å². The average molecular weight is 304 g/mol. The molecule has 0 saturated heterocycles. The van der Waals surface area contributed by atoms with Crippen molar-refractivity contribution in [3.05, 3.63) is 58.1 Å². The normalized spacial score (nSPS) is 10.1. The van der Waals surface area contributed by atoms with Crippen LogP contribution in [0.15, 0.2) is 47.4 Å². The highest BCUT2D eigenvalue weighted by molar-refractivity contribution is 7.98. The lowest BCUT2D eigenvalue weighted by Crippen LogP contribution is -2.01. The number of rotatable bonds is 5. The van der Waals surface area contributed by atoms with Crippen LogP contribution in [0.5, 0.6) is 0 Å². The van der Waals surface area contributed by atoms with Gasteiger partial charge in [-0.3, -0.25) is 10.1 Å². The summed E-state index contributed by atoms with van der Waals surface area (Å²) in [5.74, 6) is -1.20. The van der Waals surface area contributed by atoms with Crippen molar-refractivity contribution in [2.45, 2.75) is 4.90 Å². The molecule has 0 aliphatic heterocycles. The molecule has 0 atom stereocenters. The van der Waals surface area contributed by atoms with E-state index in [2.05, 4.69) is 5.32 Å². The van der Waals surface area contributed by atoms with Crippen LogP contribution in [0.4, 0.5) is 17.1 Å². The van der Waals surface area contributed by atoms with Gasteiger partial charge in [-0.2, -0.15) is 0 Å². The number of aromatic carboxylic acids is 1. The van der Waals surface area contributed by atoms with Crippen molar-refractivity contribution in [2.24, 2.45) is 0 Å². The van der Waals surface area contributed by atoms with Gasteiger partial charge in [-0.1, -0.05) is 6.07 Å². The van der Waals surface area contributed by atoms with Gasteiger partial charge in [0.2, 0.25) is 0 Å². The monoisotopic (exact) mass is 304 g/mol. The summed E-state index contributed by atoms with van der Waals surface area (Å²) in [5.41, 5.74) is 0.561. The zero-order valence-electron chi connectivity index (χ0n) is 11.1. The van der Waals surface area contributed by atoms with Crippen molar-refractivity contribution >= 4 is 34.8 Å². The number of nitro groups is 1. The van der Waals surface area contributed by atoms with E-state index in [1.807, 2.05) is 24.5 Å². The Morgan fingerprint density at radius 3 is 2.67 bits per heavy atom. The SMILES string of the molecule is CSc1cccc(Nc2ccc(C(=O)O)cc2[N+](=O)[O-])c1. The topological polar surface area (TPSA) is 92.5 Å². The number of benzene rings is 2. The van der Waals surface area contributed by atoms with Gasteiger partial charge in [0.1, 0.15) is 5.69 Å². The van der Waals surface area contributed by atoms with Crippen molar-refractivity contribution in [3.8, 4) is 0 Å². The number of hydrogen-bond donors (Lipinski definition) is 2. The highest BCUT2D eigenvalue weighted by Gasteiger charge is 2.17. The molecule has 2 rings (SSSR count). The van der Waals surface area contributed by atoms with E-state index in [0.717, 1.165) is 11.0 Å². The zero-order chi connectivity index (χ0) is 15.4. The van der Waals surface area contributed by atoms with E-state index >= 15 is 0 Å². The third kappa shape index (κ3) is 3.51. The number of carboxylic acids is 1. The van der Waals surface area contributed by atoms with E-state index < -0.39 is 10.9 Å². The lowest BCUT2D eigenvalue weighted by atomic mass is 10.1. The Kier molecular flexibility index (Phi) is 4.44. The van der Waals surface area contributed by atoms with Gasteiger partial charge < -0.3 is 10.4 Å². The minimum atomic E-state index is -1.20. The second kappa shape index (κ2) is 6.27. The molecule has 0 amide bonds. The highest BCUT2D eigenvalue weighted by Crippen LogP contribution is 2.30. The van der Waals surface area contributed by atoms with Gasteiger partial charge >= 0.3 is 5.97 Å². The number of nitrogens with zero attached hydrogens (tertiary/aromatic N) is 1. The fourth-order valence-electron chi connectivity index (χ4n) is 1.78. The van der Waals surface area contributed by atoms with Crippen LogP contribution in [0.3, 0.4) is 0 Å². The molecule has 0 aliphatic rings. The molecule has 2 N–H and O–H groups in total. The Balaban J connectivity index is 2.38. The minimum absolute atomic E-state index is 0.120. The fraction of sp³-hybridized carbons (Fsp3) is 0.0714. The molecular formula is C14H12N2O4S. The summed E-state index contributed by atoms with van der Waals surface area (Å²) in [7, 11) is 0. The van der Waals surface area contributed by atoms with Gasteiger partial charge in [-0.05, 0) is 36.6 Å². The highest BCUT2D eigenvalue weighted by atomic mass is 32.2. The predicted molar refractivity (Wildman–Crippen MR) is 81.6 cm³/mol. The summed E-state index contributed by atoms with van der Waals surface area (Å²) in [5, 5.41) is 22.9. The molecule has 108 valence electrons.